The fraction of sp³-hybridized carbons (Fsp3) is 0.400. The number of rotatable bonds is 5. The largest absolute Gasteiger partial charge is 0.466 e. The normalized spacial score (nSPS) is 26.3. The van der Waals surface area contributed by atoms with E-state index in [1.807, 2.05) is 42.2 Å². The van der Waals surface area contributed by atoms with Crippen LogP contribution in [0.1, 0.15) is 25.3 Å². The fourth-order valence-corrected chi connectivity index (χ4v) is 6.78. The molecule has 2 amide bonds. The molecule has 2 aromatic carbocycles. The predicted molar refractivity (Wildman–Crippen MR) is 132 cm³/mol. The molecular weight excluding hydrogens is 474 g/mol. The van der Waals surface area contributed by atoms with E-state index >= 15 is 0 Å². The molecule has 0 radical (unpaired) electrons. The molecule has 0 saturated carbocycles. The maximum absolute atomic E-state index is 14.1. The summed E-state index contributed by atoms with van der Waals surface area (Å²) < 4.78 is 5.19. The zero-order valence-electron chi connectivity index (χ0n) is 19.0. The number of benzene rings is 2. The number of thioether (sulfide) groups is 1. The molecule has 3 aliphatic rings. The molecule has 2 saturated heterocycles. The molecule has 3 heterocycles. The Morgan fingerprint density at radius 2 is 1.94 bits per heavy atom. The SMILES string of the molecule is CCOC(=O)C1CC[NH+](CN2C(=O)C3(SCC(=O)N3c3cccc(Cl)c3)c3ccccc32)CC1. The number of likely N-dealkylation sites (tertiary alicyclic amines) is 1. The van der Waals surface area contributed by atoms with Gasteiger partial charge in [0.1, 0.15) is 0 Å². The Balaban J connectivity index is 1.43. The number of anilines is 2. The Kier molecular flexibility index (Phi) is 6.31. The van der Waals surface area contributed by atoms with Gasteiger partial charge in [0.25, 0.3) is 5.91 Å². The van der Waals surface area contributed by atoms with Gasteiger partial charge < -0.3 is 9.64 Å². The zero-order chi connectivity index (χ0) is 23.9. The maximum atomic E-state index is 14.1. The van der Waals surface area contributed by atoms with E-state index in [0.29, 0.717) is 24.0 Å². The Labute approximate surface area is 208 Å². The number of carbonyl (C=O) groups excluding carboxylic acids is 3. The van der Waals surface area contributed by atoms with Crippen molar-refractivity contribution in [1.82, 2.24) is 0 Å². The molecule has 2 aromatic rings. The average Bonchev–Trinajstić information content (AvgIpc) is 3.30. The van der Waals surface area contributed by atoms with Crippen molar-refractivity contribution in [3.8, 4) is 0 Å². The lowest BCUT2D eigenvalue weighted by atomic mass is 9.97. The molecule has 9 heteroatoms. The molecule has 1 spiro atoms. The minimum Gasteiger partial charge on any atom is -0.466 e. The summed E-state index contributed by atoms with van der Waals surface area (Å²) in [7, 11) is 0. The Bertz CT molecular complexity index is 1140. The average molecular weight is 501 g/mol. The second-order valence-electron chi connectivity index (χ2n) is 8.83. The Morgan fingerprint density at radius 3 is 2.68 bits per heavy atom. The number of para-hydroxylation sites is 1. The van der Waals surface area contributed by atoms with Crippen LogP contribution >= 0.6 is 23.4 Å². The van der Waals surface area contributed by atoms with Gasteiger partial charge in [0, 0.05) is 29.1 Å². The summed E-state index contributed by atoms with van der Waals surface area (Å²) in [4.78, 5) is 42.9. The highest BCUT2D eigenvalue weighted by Crippen LogP contribution is 2.55. The highest BCUT2D eigenvalue weighted by atomic mass is 35.5. The number of hydrogen-bond acceptors (Lipinski definition) is 5. The third kappa shape index (κ3) is 3.78. The van der Waals surface area contributed by atoms with Crippen LogP contribution in [0.2, 0.25) is 5.02 Å². The van der Waals surface area contributed by atoms with Crippen LogP contribution in [-0.4, -0.2) is 49.9 Å². The smallest absolute Gasteiger partial charge is 0.309 e. The summed E-state index contributed by atoms with van der Waals surface area (Å²) in [6.45, 7) is 4.28. The highest BCUT2D eigenvalue weighted by Gasteiger charge is 2.61. The number of piperidine rings is 1. The number of halogens is 1. The first-order chi connectivity index (χ1) is 16.5. The molecule has 7 nitrogen and oxygen atoms in total. The molecule has 1 unspecified atom stereocenters. The number of carbonyl (C=O) groups is 3. The quantitative estimate of drug-likeness (QED) is 0.638. The van der Waals surface area contributed by atoms with Gasteiger partial charge in [0.15, 0.2) is 6.67 Å². The van der Waals surface area contributed by atoms with Crippen LogP contribution in [0.15, 0.2) is 48.5 Å². The van der Waals surface area contributed by atoms with E-state index in [1.165, 1.54) is 16.7 Å². The van der Waals surface area contributed by atoms with Gasteiger partial charge in [0.05, 0.1) is 37.1 Å². The first-order valence-corrected chi connectivity index (χ1v) is 13.0. The second-order valence-corrected chi connectivity index (χ2v) is 10.4. The number of esters is 1. The van der Waals surface area contributed by atoms with Gasteiger partial charge in [-0.3, -0.25) is 24.2 Å². The van der Waals surface area contributed by atoms with Crippen LogP contribution in [0.25, 0.3) is 0 Å². The molecule has 5 rings (SSSR count). The number of ether oxygens (including phenoxy) is 1. The van der Waals surface area contributed by atoms with Crippen LogP contribution in [0.4, 0.5) is 11.4 Å². The fourth-order valence-electron chi connectivity index (χ4n) is 5.23. The van der Waals surface area contributed by atoms with E-state index < -0.39 is 4.87 Å². The molecule has 3 aliphatic heterocycles. The lowest BCUT2D eigenvalue weighted by molar-refractivity contribution is -0.904. The number of quaternary nitrogens is 1. The lowest BCUT2D eigenvalue weighted by Gasteiger charge is -2.34. The molecule has 0 bridgehead atoms. The van der Waals surface area contributed by atoms with E-state index in [9.17, 15) is 14.4 Å². The van der Waals surface area contributed by atoms with Crippen molar-refractivity contribution in [3.63, 3.8) is 0 Å². The van der Waals surface area contributed by atoms with Crippen molar-refractivity contribution in [1.29, 1.82) is 0 Å². The van der Waals surface area contributed by atoms with Gasteiger partial charge in [-0.1, -0.05) is 35.9 Å². The summed E-state index contributed by atoms with van der Waals surface area (Å²) in [6, 6.07) is 14.8. The van der Waals surface area contributed by atoms with Crippen LogP contribution in [0.5, 0.6) is 0 Å². The number of nitrogens with one attached hydrogen (secondary N) is 1. The first kappa shape index (κ1) is 23.2. The molecule has 178 valence electrons. The van der Waals surface area contributed by atoms with Crippen LogP contribution < -0.4 is 14.7 Å². The van der Waals surface area contributed by atoms with E-state index in [2.05, 4.69) is 0 Å². The topological polar surface area (TPSA) is 71.4 Å². The van der Waals surface area contributed by atoms with Crippen molar-refractivity contribution in [2.75, 3.05) is 41.9 Å². The van der Waals surface area contributed by atoms with Gasteiger partial charge in [0.2, 0.25) is 10.8 Å². The molecule has 0 aliphatic carbocycles. The van der Waals surface area contributed by atoms with Crippen molar-refractivity contribution in [2.45, 2.75) is 24.6 Å². The minimum absolute atomic E-state index is 0.0714. The van der Waals surface area contributed by atoms with E-state index in [4.69, 9.17) is 16.3 Å². The maximum Gasteiger partial charge on any atom is 0.309 e. The lowest BCUT2D eigenvalue weighted by Crippen LogP contribution is -3.14. The van der Waals surface area contributed by atoms with Gasteiger partial charge >= 0.3 is 5.97 Å². The number of hydrogen-bond donors (Lipinski definition) is 1. The summed E-state index contributed by atoms with van der Waals surface area (Å²) in [5.74, 6) is -0.193. The molecule has 2 fully saturated rings. The van der Waals surface area contributed by atoms with Gasteiger partial charge in [-0.05, 0) is 31.2 Å². The highest BCUT2D eigenvalue weighted by molar-refractivity contribution is 8.02. The van der Waals surface area contributed by atoms with Crippen LogP contribution in [0, 0.1) is 5.92 Å². The van der Waals surface area contributed by atoms with Gasteiger partial charge in [-0.15, -0.1) is 11.8 Å². The van der Waals surface area contributed by atoms with E-state index in [-0.39, 0.29) is 29.5 Å². The standard InChI is InChI=1S/C25H26ClN3O4S/c1-2-33-23(31)17-10-12-27(13-11-17)16-28-21-9-4-3-8-20(21)25(24(28)32)29(22(30)15-34-25)19-7-5-6-18(26)14-19/h3-9,14,17H,2,10-13,15-16H2,1H3/p+1. The molecule has 1 N–H and O–H groups in total. The molecule has 34 heavy (non-hydrogen) atoms. The molecule has 0 aromatic heterocycles. The zero-order valence-corrected chi connectivity index (χ0v) is 20.5. The van der Waals surface area contributed by atoms with Crippen molar-refractivity contribution in [2.24, 2.45) is 5.92 Å². The Hall–Kier alpha value is -2.55. The summed E-state index contributed by atoms with van der Waals surface area (Å²) >= 11 is 7.60. The van der Waals surface area contributed by atoms with Crippen molar-refractivity contribution < 1.29 is 24.0 Å². The first-order valence-electron chi connectivity index (χ1n) is 11.6. The number of fused-ring (bicyclic) bond motifs is 2. The summed E-state index contributed by atoms with van der Waals surface area (Å²) in [6.07, 6.45) is 1.48. The van der Waals surface area contributed by atoms with E-state index in [1.54, 1.807) is 23.1 Å². The van der Waals surface area contributed by atoms with E-state index in [0.717, 1.165) is 37.2 Å². The van der Waals surface area contributed by atoms with Crippen molar-refractivity contribution in [3.05, 3.63) is 59.1 Å². The Morgan fingerprint density at radius 1 is 1.18 bits per heavy atom. The second kappa shape index (κ2) is 9.24. The van der Waals surface area contributed by atoms with Gasteiger partial charge in [-0.2, -0.15) is 0 Å². The minimum atomic E-state index is -1.14. The van der Waals surface area contributed by atoms with Gasteiger partial charge in [-0.25, -0.2) is 0 Å². The summed E-state index contributed by atoms with van der Waals surface area (Å²) in [5, 5.41) is 0.516. The molecular formula is C25H27ClN3O4S+. The summed E-state index contributed by atoms with van der Waals surface area (Å²) in [5.41, 5.74) is 2.29. The molecule has 1 atom stereocenters. The van der Waals surface area contributed by atoms with Crippen molar-refractivity contribution >= 4 is 52.5 Å². The predicted octanol–water partition coefficient (Wildman–Crippen LogP) is 2.43. The van der Waals surface area contributed by atoms with Crippen LogP contribution in [-0.2, 0) is 24.0 Å². The van der Waals surface area contributed by atoms with Crippen LogP contribution in [0.3, 0.4) is 0 Å². The third-order valence-corrected chi connectivity index (χ3v) is 8.45. The number of amides is 2. The monoisotopic (exact) mass is 500 g/mol. The third-order valence-electron chi connectivity index (χ3n) is 6.82. The number of nitrogens with zero attached hydrogens (tertiary/aromatic N) is 2.